The van der Waals surface area contributed by atoms with Crippen LogP contribution in [-0.2, 0) is 4.79 Å². The number of rotatable bonds is 7. The number of likely N-dealkylation sites (tertiary alicyclic amines) is 2. The van der Waals surface area contributed by atoms with E-state index in [1.165, 1.54) is 31.2 Å². The van der Waals surface area contributed by atoms with Gasteiger partial charge in [0.2, 0.25) is 11.8 Å². The molecular weight excluding hydrogens is 476 g/mol. The lowest BCUT2D eigenvalue weighted by Gasteiger charge is -2.34. The van der Waals surface area contributed by atoms with Crippen LogP contribution >= 0.6 is 0 Å². The molecule has 1 N–H and O–H groups in total. The highest BCUT2D eigenvalue weighted by Crippen LogP contribution is 2.28. The minimum Gasteiger partial charge on any atom is -0.436 e. The van der Waals surface area contributed by atoms with E-state index < -0.39 is 0 Å². The molecule has 202 valence electrons. The molecule has 3 aromatic rings. The van der Waals surface area contributed by atoms with E-state index in [-0.39, 0.29) is 17.7 Å². The monoisotopic (exact) mass is 516 g/mol. The number of nitrogens with one attached hydrogen (secondary N) is 1. The lowest BCUT2D eigenvalue weighted by Crippen LogP contribution is -2.43. The van der Waals surface area contributed by atoms with Gasteiger partial charge >= 0.3 is 0 Å². The summed E-state index contributed by atoms with van der Waals surface area (Å²) in [5.74, 6) is 0.977. The summed E-state index contributed by atoms with van der Waals surface area (Å²) in [7, 11) is 0. The number of carbonyl (C=O) groups excluding carboxylic acids is 2. The number of carbonyl (C=O) groups is 2. The van der Waals surface area contributed by atoms with Gasteiger partial charge in [-0.1, -0.05) is 37.5 Å². The zero-order valence-electron chi connectivity index (χ0n) is 22.7. The molecule has 0 spiro atoms. The molecule has 3 heterocycles. The van der Waals surface area contributed by atoms with Crippen LogP contribution in [-0.4, -0.2) is 65.9 Å². The van der Waals surface area contributed by atoms with Crippen LogP contribution in [0.2, 0.25) is 0 Å². The van der Waals surface area contributed by atoms with Crippen molar-refractivity contribution >= 4 is 22.9 Å². The van der Waals surface area contributed by atoms with Gasteiger partial charge in [0.25, 0.3) is 5.91 Å². The van der Waals surface area contributed by atoms with E-state index in [0.29, 0.717) is 41.6 Å². The fraction of sp³-hybridized carbons (Fsp3) is 0.516. The van der Waals surface area contributed by atoms with E-state index in [9.17, 15) is 9.59 Å². The third kappa shape index (κ3) is 6.26. The maximum absolute atomic E-state index is 13.3. The van der Waals surface area contributed by atoms with Crippen molar-refractivity contribution in [2.45, 2.75) is 52.4 Å². The maximum atomic E-state index is 13.3. The van der Waals surface area contributed by atoms with Gasteiger partial charge in [0, 0.05) is 43.2 Å². The summed E-state index contributed by atoms with van der Waals surface area (Å²) in [6, 6.07) is 13.5. The summed E-state index contributed by atoms with van der Waals surface area (Å²) in [6.07, 6.45) is 6.87. The molecule has 0 radical (unpaired) electrons. The first kappa shape index (κ1) is 26.4. The summed E-state index contributed by atoms with van der Waals surface area (Å²) in [6.45, 7) is 9.37. The number of hydrogen-bond donors (Lipinski definition) is 1. The first-order valence-electron chi connectivity index (χ1n) is 14.2. The summed E-state index contributed by atoms with van der Waals surface area (Å²) < 4.78 is 5.93. The lowest BCUT2D eigenvalue weighted by molar-refractivity contribution is -0.126. The molecule has 5 rings (SSSR count). The molecule has 1 aromatic heterocycles. The van der Waals surface area contributed by atoms with Crippen LogP contribution in [0, 0.1) is 18.8 Å². The number of hydrogen-bond acceptors (Lipinski definition) is 5. The molecule has 0 aliphatic carbocycles. The number of oxazole rings is 1. The Balaban J connectivity index is 1.12. The van der Waals surface area contributed by atoms with Gasteiger partial charge in [-0.2, -0.15) is 0 Å². The minimum atomic E-state index is -0.0388. The number of piperidine rings is 1. The first-order valence-corrected chi connectivity index (χ1v) is 14.2. The fourth-order valence-corrected chi connectivity index (χ4v) is 5.74. The fourth-order valence-electron chi connectivity index (χ4n) is 5.74. The Labute approximate surface area is 225 Å². The molecular formula is C31H40N4O3. The molecule has 0 bridgehead atoms. The van der Waals surface area contributed by atoms with Crippen molar-refractivity contribution in [1.29, 1.82) is 0 Å². The largest absolute Gasteiger partial charge is 0.436 e. The van der Waals surface area contributed by atoms with Crippen LogP contribution < -0.4 is 5.32 Å². The number of benzene rings is 2. The molecule has 0 unspecified atom stereocenters. The van der Waals surface area contributed by atoms with E-state index in [1.54, 1.807) is 0 Å². The Morgan fingerprint density at radius 3 is 2.42 bits per heavy atom. The van der Waals surface area contributed by atoms with Gasteiger partial charge in [-0.05, 0) is 81.9 Å². The van der Waals surface area contributed by atoms with E-state index in [2.05, 4.69) is 15.2 Å². The van der Waals surface area contributed by atoms with Crippen molar-refractivity contribution in [2.24, 2.45) is 11.8 Å². The van der Waals surface area contributed by atoms with Crippen LogP contribution in [0.25, 0.3) is 22.6 Å². The first-order chi connectivity index (χ1) is 18.5. The normalized spacial score (nSPS) is 18.3. The van der Waals surface area contributed by atoms with E-state index in [0.717, 1.165) is 44.6 Å². The second kappa shape index (κ2) is 12.1. The molecule has 0 saturated carbocycles. The number of aryl methyl sites for hydroxylation is 1. The minimum absolute atomic E-state index is 0.0137. The summed E-state index contributed by atoms with van der Waals surface area (Å²) in [5.41, 5.74) is 4.08. The van der Waals surface area contributed by atoms with Gasteiger partial charge in [-0.15, -0.1) is 0 Å². The number of amides is 2. The Morgan fingerprint density at radius 2 is 1.71 bits per heavy atom. The molecule has 1 atom stereocenters. The van der Waals surface area contributed by atoms with E-state index in [4.69, 9.17) is 4.42 Å². The Kier molecular flexibility index (Phi) is 8.42. The second-order valence-electron chi connectivity index (χ2n) is 11.0. The molecule has 2 fully saturated rings. The Hall–Kier alpha value is -3.19. The highest BCUT2D eigenvalue weighted by atomic mass is 16.3. The third-order valence-corrected chi connectivity index (χ3v) is 8.31. The van der Waals surface area contributed by atoms with Crippen molar-refractivity contribution in [3.8, 4) is 11.5 Å². The topological polar surface area (TPSA) is 78.7 Å². The quantitative estimate of drug-likeness (QED) is 0.462. The van der Waals surface area contributed by atoms with Gasteiger partial charge in [0.1, 0.15) is 5.52 Å². The molecule has 2 amide bonds. The van der Waals surface area contributed by atoms with Crippen molar-refractivity contribution < 1.29 is 14.0 Å². The van der Waals surface area contributed by atoms with Gasteiger partial charge in [0.05, 0.1) is 0 Å². The second-order valence-corrected chi connectivity index (χ2v) is 11.0. The molecule has 2 aliphatic rings. The van der Waals surface area contributed by atoms with Crippen molar-refractivity contribution in [1.82, 2.24) is 20.1 Å². The van der Waals surface area contributed by atoms with Crippen LogP contribution in [0.3, 0.4) is 0 Å². The standard InChI is InChI=1S/C31H40N4O3/c1-22-7-9-25(10-8-22)30-33-27-21-26(11-12-28(27)38-30)31(37)35-18-13-24(14-19-35)23(2)29(36)32-15-20-34-16-5-3-4-6-17-34/h7-12,21,23-24H,3-6,13-20H2,1-2H3,(H,32,36)/t23-/m0/s1. The molecule has 7 nitrogen and oxygen atoms in total. The zero-order chi connectivity index (χ0) is 26.5. The average Bonchev–Trinajstić information content (AvgIpc) is 3.20. The van der Waals surface area contributed by atoms with Crippen LogP contribution in [0.5, 0.6) is 0 Å². The summed E-state index contributed by atoms with van der Waals surface area (Å²) in [4.78, 5) is 35.1. The third-order valence-electron chi connectivity index (χ3n) is 8.31. The number of aromatic nitrogens is 1. The van der Waals surface area contributed by atoms with Gasteiger partial charge in [-0.25, -0.2) is 4.98 Å². The number of fused-ring (bicyclic) bond motifs is 1. The maximum Gasteiger partial charge on any atom is 0.253 e. The molecule has 2 aliphatic heterocycles. The van der Waals surface area contributed by atoms with Crippen molar-refractivity contribution in [2.75, 3.05) is 39.3 Å². The number of nitrogens with zero attached hydrogens (tertiary/aromatic N) is 3. The average molecular weight is 517 g/mol. The van der Waals surface area contributed by atoms with Gasteiger partial charge < -0.3 is 19.5 Å². The highest BCUT2D eigenvalue weighted by Gasteiger charge is 2.30. The Morgan fingerprint density at radius 1 is 1.00 bits per heavy atom. The lowest BCUT2D eigenvalue weighted by atomic mass is 9.84. The molecule has 7 heteroatoms. The molecule has 2 aromatic carbocycles. The summed E-state index contributed by atoms with van der Waals surface area (Å²) in [5, 5.41) is 3.16. The van der Waals surface area contributed by atoms with Crippen LogP contribution in [0.1, 0.15) is 61.4 Å². The van der Waals surface area contributed by atoms with Gasteiger partial charge in [-0.3, -0.25) is 9.59 Å². The smallest absolute Gasteiger partial charge is 0.253 e. The van der Waals surface area contributed by atoms with Crippen molar-refractivity contribution in [3.63, 3.8) is 0 Å². The highest BCUT2D eigenvalue weighted by molar-refractivity contribution is 5.97. The van der Waals surface area contributed by atoms with Crippen LogP contribution in [0.4, 0.5) is 0 Å². The van der Waals surface area contributed by atoms with Gasteiger partial charge in [0.15, 0.2) is 5.58 Å². The summed E-state index contributed by atoms with van der Waals surface area (Å²) >= 11 is 0. The molecule has 2 saturated heterocycles. The van der Waals surface area contributed by atoms with E-state index in [1.807, 2.05) is 61.2 Å². The van der Waals surface area contributed by atoms with E-state index >= 15 is 0 Å². The molecule has 38 heavy (non-hydrogen) atoms. The van der Waals surface area contributed by atoms with Crippen molar-refractivity contribution in [3.05, 3.63) is 53.6 Å². The predicted molar refractivity (Wildman–Crippen MR) is 150 cm³/mol. The van der Waals surface area contributed by atoms with Crippen LogP contribution in [0.15, 0.2) is 46.9 Å². The Bertz CT molecular complexity index is 1240. The predicted octanol–water partition coefficient (Wildman–Crippen LogP) is 5.28. The zero-order valence-corrected chi connectivity index (χ0v) is 22.7. The SMILES string of the molecule is Cc1ccc(-c2nc3cc(C(=O)N4CCC([C@H](C)C(=O)NCCN5CCCCCC5)CC4)ccc3o2)cc1.